The molecule has 0 aromatic heterocycles. The number of hydrogen-bond acceptors (Lipinski definition) is 3. The number of nitrogens with two attached hydrogens (primary N) is 1. The Morgan fingerprint density at radius 3 is 2.80 bits per heavy atom. The van der Waals surface area contributed by atoms with E-state index < -0.39 is 17.5 Å². The van der Waals surface area contributed by atoms with E-state index in [0.29, 0.717) is 0 Å². The van der Waals surface area contributed by atoms with Gasteiger partial charge in [0.1, 0.15) is 12.3 Å². The average Bonchev–Trinajstić information content (AvgIpc) is 2.19. The van der Waals surface area contributed by atoms with E-state index >= 15 is 0 Å². The molecular weight excluding hydrogens is 206 g/mol. The molecular formula is C9H10F2N2O2. The first kappa shape index (κ1) is 11.4. The maximum atomic E-state index is 13.2. The van der Waals surface area contributed by atoms with Gasteiger partial charge in [0.2, 0.25) is 5.91 Å². The summed E-state index contributed by atoms with van der Waals surface area (Å²) in [5, 5.41) is 2.12. The van der Waals surface area contributed by atoms with Crippen LogP contribution in [0, 0.1) is 11.6 Å². The number of carbonyl (C=O) groups is 1. The first-order valence-corrected chi connectivity index (χ1v) is 4.08. The van der Waals surface area contributed by atoms with Gasteiger partial charge < -0.3 is 15.8 Å². The highest BCUT2D eigenvalue weighted by Gasteiger charge is 2.14. The quantitative estimate of drug-likeness (QED) is 0.744. The zero-order valence-electron chi connectivity index (χ0n) is 8.01. The fourth-order valence-corrected chi connectivity index (χ4v) is 0.999. The van der Waals surface area contributed by atoms with E-state index in [0.717, 1.165) is 6.07 Å². The van der Waals surface area contributed by atoms with Gasteiger partial charge in [0.25, 0.3) is 0 Å². The van der Waals surface area contributed by atoms with Gasteiger partial charge in [-0.05, 0) is 12.1 Å². The summed E-state index contributed by atoms with van der Waals surface area (Å²) in [7, 11) is 1.31. The molecule has 0 bridgehead atoms. The SMILES string of the molecule is COCC(=O)Nc1c(N)ccc(F)c1F. The average molecular weight is 216 g/mol. The van der Waals surface area contributed by atoms with Crippen molar-refractivity contribution in [2.75, 3.05) is 24.8 Å². The number of nitrogen functional groups attached to an aromatic ring is 1. The van der Waals surface area contributed by atoms with Gasteiger partial charge in [-0.3, -0.25) is 4.79 Å². The van der Waals surface area contributed by atoms with Gasteiger partial charge in [-0.1, -0.05) is 0 Å². The Hall–Kier alpha value is -1.69. The van der Waals surface area contributed by atoms with Crippen molar-refractivity contribution in [2.24, 2.45) is 0 Å². The Morgan fingerprint density at radius 1 is 1.53 bits per heavy atom. The largest absolute Gasteiger partial charge is 0.397 e. The predicted molar refractivity (Wildman–Crippen MR) is 51.3 cm³/mol. The molecule has 4 nitrogen and oxygen atoms in total. The molecule has 82 valence electrons. The summed E-state index contributed by atoms with van der Waals surface area (Å²) in [6, 6.07) is 2.05. The first-order chi connectivity index (χ1) is 7.06. The third kappa shape index (κ3) is 2.63. The van der Waals surface area contributed by atoms with Crippen molar-refractivity contribution >= 4 is 17.3 Å². The molecule has 0 aliphatic carbocycles. The van der Waals surface area contributed by atoms with Crippen LogP contribution < -0.4 is 11.1 Å². The Morgan fingerprint density at radius 2 is 2.20 bits per heavy atom. The lowest BCUT2D eigenvalue weighted by atomic mass is 10.2. The maximum Gasteiger partial charge on any atom is 0.250 e. The van der Waals surface area contributed by atoms with Gasteiger partial charge in [-0.2, -0.15) is 0 Å². The smallest absolute Gasteiger partial charge is 0.250 e. The number of methoxy groups -OCH3 is 1. The van der Waals surface area contributed by atoms with Crippen LogP contribution in [0.15, 0.2) is 12.1 Å². The number of amides is 1. The highest BCUT2D eigenvalue weighted by Crippen LogP contribution is 2.24. The van der Waals surface area contributed by atoms with Crippen molar-refractivity contribution in [1.82, 2.24) is 0 Å². The number of benzene rings is 1. The second-order valence-electron chi connectivity index (χ2n) is 2.81. The van der Waals surface area contributed by atoms with E-state index in [1.54, 1.807) is 0 Å². The minimum atomic E-state index is -1.18. The van der Waals surface area contributed by atoms with Crippen LogP contribution in [0.1, 0.15) is 0 Å². The number of carbonyl (C=O) groups excluding carboxylic acids is 1. The lowest BCUT2D eigenvalue weighted by Gasteiger charge is -2.08. The first-order valence-electron chi connectivity index (χ1n) is 4.08. The summed E-state index contributed by atoms with van der Waals surface area (Å²) in [5.41, 5.74) is 4.97. The summed E-state index contributed by atoms with van der Waals surface area (Å²) in [6.07, 6.45) is 0. The van der Waals surface area contributed by atoms with E-state index in [1.807, 2.05) is 0 Å². The van der Waals surface area contributed by atoms with Crippen molar-refractivity contribution in [3.05, 3.63) is 23.8 Å². The van der Waals surface area contributed by atoms with Crippen LogP contribution in [0.4, 0.5) is 20.2 Å². The molecule has 0 aliphatic rings. The Bertz CT molecular complexity index is 383. The molecule has 0 spiro atoms. The van der Waals surface area contributed by atoms with Crippen LogP contribution in [-0.2, 0) is 9.53 Å². The molecule has 15 heavy (non-hydrogen) atoms. The molecule has 0 saturated carbocycles. The standard InChI is InChI=1S/C9H10F2N2O2/c1-15-4-7(14)13-9-6(12)3-2-5(10)8(9)11/h2-3H,4,12H2,1H3,(H,13,14). The van der Waals surface area contributed by atoms with E-state index in [9.17, 15) is 13.6 Å². The van der Waals surface area contributed by atoms with Gasteiger partial charge >= 0.3 is 0 Å². The summed E-state index contributed by atoms with van der Waals surface area (Å²) in [5.74, 6) is -2.86. The molecule has 0 unspecified atom stereocenters. The van der Waals surface area contributed by atoms with Crippen molar-refractivity contribution in [2.45, 2.75) is 0 Å². The number of rotatable bonds is 3. The van der Waals surface area contributed by atoms with Gasteiger partial charge in [0.05, 0.1) is 5.69 Å². The Balaban J connectivity index is 2.93. The molecule has 1 aromatic carbocycles. The van der Waals surface area contributed by atoms with E-state index in [-0.39, 0.29) is 18.0 Å². The molecule has 3 N–H and O–H groups in total. The van der Waals surface area contributed by atoms with Crippen LogP contribution in [0.5, 0.6) is 0 Å². The van der Waals surface area contributed by atoms with E-state index in [1.165, 1.54) is 13.2 Å². The van der Waals surface area contributed by atoms with Crippen LogP contribution >= 0.6 is 0 Å². The number of hydrogen-bond donors (Lipinski definition) is 2. The molecule has 0 heterocycles. The van der Waals surface area contributed by atoms with Crippen LogP contribution in [0.2, 0.25) is 0 Å². The highest BCUT2D eigenvalue weighted by molar-refractivity contribution is 5.94. The number of ether oxygens (including phenoxy) is 1. The third-order valence-corrected chi connectivity index (χ3v) is 1.67. The van der Waals surface area contributed by atoms with Crippen molar-refractivity contribution in [1.29, 1.82) is 0 Å². The predicted octanol–water partition coefficient (Wildman–Crippen LogP) is 1.13. The van der Waals surface area contributed by atoms with Gasteiger partial charge in [0, 0.05) is 7.11 Å². The molecule has 1 aromatic rings. The maximum absolute atomic E-state index is 13.2. The van der Waals surface area contributed by atoms with Crippen molar-refractivity contribution < 1.29 is 18.3 Å². The second kappa shape index (κ2) is 4.70. The molecule has 1 amide bonds. The van der Waals surface area contributed by atoms with Gasteiger partial charge in [0.15, 0.2) is 11.6 Å². The second-order valence-corrected chi connectivity index (χ2v) is 2.81. The monoisotopic (exact) mass is 216 g/mol. The van der Waals surface area contributed by atoms with Crippen molar-refractivity contribution in [3.8, 4) is 0 Å². The molecule has 0 fully saturated rings. The zero-order valence-corrected chi connectivity index (χ0v) is 8.01. The Kier molecular flexibility index (Phi) is 3.56. The minimum Gasteiger partial charge on any atom is -0.397 e. The normalized spacial score (nSPS) is 10.1. The van der Waals surface area contributed by atoms with Crippen LogP contribution in [0.3, 0.4) is 0 Å². The van der Waals surface area contributed by atoms with Gasteiger partial charge in [-0.25, -0.2) is 8.78 Å². The summed E-state index contributed by atoms with van der Waals surface area (Å²) >= 11 is 0. The van der Waals surface area contributed by atoms with E-state index in [2.05, 4.69) is 10.1 Å². The fourth-order valence-electron chi connectivity index (χ4n) is 0.999. The Labute approximate surface area is 85.0 Å². The number of halogens is 2. The molecule has 0 radical (unpaired) electrons. The summed E-state index contributed by atoms with van der Waals surface area (Å²) < 4.78 is 30.5. The molecule has 6 heteroatoms. The molecule has 1 rings (SSSR count). The fraction of sp³-hybridized carbons (Fsp3) is 0.222. The molecule has 0 saturated heterocycles. The minimum absolute atomic E-state index is 0.0432. The van der Waals surface area contributed by atoms with E-state index in [4.69, 9.17) is 5.73 Å². The van der Waals surface area contributed by atoms with Crippen molar-refractivity contribution in [3.63, 3.8) is 0 Å². The highest BCUT2D eigenvalue weighted by atomic mass is 19.2. The van der Waals surface area contributed by atoms with Crippen LogP contribution in [-0.4, -0.2) is 19.6 Å². The molecule has 0 atom stereocenters. The third-order valence-electron chi connectivity index (χ3n) is 1.67. The summed E-state index contributed by atoms with van der Waals surface area (Å²) in [6.45, 7) is -0.255. The topological polar surface area (TPSA) is 64.3 Å². The van der Waals surface area contributed by atoms with Crippen LogP contribution in [0.25, 0.3) is 0 Å². The van der Waals surface area contributed by atoms with Gasteiger partial charge in [-0.15, -0.1) is 0 Å². The zero-order chi connectivity index (χ0) is 11.4. The summed E-state index contributed by atoms with van der Waals surface area (Å²) in [4.78, 5) is 11.0. The lowest BCUT2D eigenvalue weighted by Crippen LogP contribution is -2.19. The number of anilines is 2. The number of nitrogens with one attached hydrogen (secondary N) is 1. The molecule has 0 aliphatic heterocycles. The lowest BCUT2D eigenvalue weighted by molar-refractivity contribution is -0.119.